The first-order valence-electron chi connectivity index (χ1n) is 5.46. The van der Waals surface area contributed by atoms with Crippen molar-refractivity contribution in [3.63, 3.8) is 0 Å². The Morgan fingerprint density at radius 1 is 1.18 bits per heavy atom. The molecular formula is C14H14FNO. The first-order chi connectivity index (χ1) is 8.15. The zero-order valence-electron chi connectivity index (χ0n) is 9.90. The molecule has 1 heterocycles. The van der Waals surface area contributed by atoms with Crippen molar-refractivity contribution in [3.05, 3.63) is 59.2 Å². The Morgan fingerprint density at radius 3 is 2.71 bits per heavy atom. The SMILES string of the molecule is Cc1cccc(COc2ccc(C)c(F)c2)n1. The molecule has 0 atom stereocenters. The maximum absolute atomic E-state index is 13.3. The van der Waals surface area contributed by atoms with Gasteiger partial charge in [-0.15, -0.1) is 0 Å². The van der Waals surface area contributed by atoms with Gasteiger partial charge in [-0.1, -0.05) is 12.1 Å². The van der Waals surface area contributed by atoms with Crippen molar-refractivity contribution in [2.45, 2.75) is 20.5 Å². The quantitative estimate of drug-likeness (QED) is 0.807. The van der Waals surface area contributed by atoms with E-state index in [0.717, 1.165) is 11.4 Å². The third-order valence-corrected chi connectivity index (χ3v) is 2.48. The lowest BCUT2D eigenvalue weighted by Gasteiger charge is -2.07. The van der Waals surface area contributed by atoms with Crippen LogP contribution >= 0.6 is 0 Å². The van der Waals surface area contributed by atoms with E-state index in [4.69, 9.17) is 4.74 Å². The van der Waals surface area contributed by atoms with Crippen molar-refractivity contribution in [3.8, 4) is 5.75 Å². The highest BCUT2D eigenvalue weighted by Crippen LogP contribution is 2.16. The number of ether oxygens (including phenoxy) is 1. The number of halogens is 1. The fourth-order valence-electron chi connectivity index (χ4n) is 1.50. The molecule has 1 aromatic heterocycles. The van der Waals surface area contributed by atoms with Gasteiger partial charge < -0.3 is 4.74 Å². The summed E-state index contributed by atoms with van der Waals surface area (Å²) in [6, 6.07) is 10.6. The third-order valence-electron chi connectivity index (χ3n) is 2.48. The van der Waals surface area contributed by atoms with E-state index in [-0.39, 0.29) is 5.82 Å². The zero-order chi connectivity index (χ0) is 12.3. The zero-order valence-corrected chi connectivity index (χ0v) is 9.90. The van der Waals surface area contributed by atoms with Crippen LogP contribution in [0.2, 0.25) is 0 Å². The highest BCUT2D eigenvalue weighted by atomic mass is 19.1. The van der Waals surface area contributed by atoms with E-state index >= 15 is 0 Å². The van der Waals surface area contributed by atoms with Crippen molar-refractivity contribution in [1.29, 1.82) is 0 Å². The molecule has 2 nitrogen and oxygen atoms in total. The van der Waals surface area contributed by atoms with Gasteiger partial charge in [0.25, 0.3) is 0 Å². The maximum atomic E-state index is 13.3. The molecule has 0 radical (unpaired) electrons. The predicted octanol–water partition coefficient (Wildman–Crippen LogP) is 3.42. The molecule has 0 unspecified atom stereocenters. The molecule has 0 aliphatic rings. The molecule has 0 fully saturated rings. The van der Waals surface area contributed by atoms with Gasteiger partial charge in [0, 0.05) is 11.8 Å². The number of hydrogen-bond acceptors (Lipinski definition) is 2. The summed E-state index contributed by atoms with van der Waals surface area (Å²) in [6.45, 7) is 4.00. The van der Waals surface area contributed by atoms with Crippen LogP contribution < -0.4 is 4.74 Å². The van der Waals surface area contributed by atoms with Crippen LogP contribution in [0.25, 0.3) is 0 Å². The summed E-state index contributed by atoms with van der Waals surface area (Å²) in [7, 11) is 0. The lowest BCUT2D eigenvalue weighted by molar-refractivity contribution is 0.299. The average Bonchev–Trinajstić information content (AvgIpc) is 2.31. The number of benzene rings is 1. The Kier molecular flexibility index (Phi) is 3.38. The Bertz CT molecular complexity index is 525. The van der Waals surface area contributed by atoms with Crippen molar-refractivity contribution >= 4 is 0 Å². The summed E-state index contributed by atoms with van der Waals surface area (Å²) in [5, 5.41) is 0. The highest BCUT2D eigenvalue weighted by molar-refractivity contribution is 5.28. The standard InChI is InChI=1S/C14H14FNO/c1-10-6-7-13(8-14(10)15)17-9-12-5-3-4-11(2)16-12/h3-8H,9H2,1-2H3. The first kappa shape index (κ1) is 11.6. The van der Waals surface area contributed by atoms with Gasteiger partial charge in [0.05, 0.1) is 5.69 Å². The summed E-state index contributed by atoms with van der Waals surface area (Å²) < 4.78 is 18.8. The van der Waals surface area contributed by atoms with Crippen LogP contribution in [0.3, 0.4) is 0 Å². The second kappa shape index (κ2) is 4.95. The van der Waals surface area contributed by atoms with Gasteiger partial charge in [0.15, 0.2) is 0 Å². The molecule has 0 aliphatic heterocycles. The topological polar surface area (TPSA) is 22.1 Å². The number of aromatic nitrogens is 1. The van der Waals surface area contributed by atoms with Gasteiger partial charge in [0.2, 0.25) is 0 Å². The maximum Gasteiger partial charge on any atom is 0.130 e. The predicted molar refractivity (Wildman–Crippen MR) is 64.4 cm³/mol. The average molecular weight is 231 g/mol. The van der Waals surface area contributed by atoms with Crippen LogP contribution in [0, 0.1) is 19.7 Å². The van der Waals surface area contributed by atoms with Crippen molar-refractivity contribution in [1.82, 2.24) is 4.98 Å². The minimum atomic E-state index is -0.250. The third kappa shape index (κ3) is 3.03. The first-order valence-corrected chi connectivity index (χ1v) is 5.46. The Hall–Kier alpha value is -1.90. The molecular weight excluding hydrogens is 217 g/mol. The van der Waals surface area contributed by atoms with Crippen LogP contribution in [0.1, 0.15) is 17.0 Å². The fraction of sp³-hybridized carbons (Fsp3) is 0.214. The molecule has 88 valence electrons. The van der Waals surface area contributed by atoms with E-state index in [1.54, 1.807) is 19.1 Å². The van der Waals surface area contributed by atoms with E-state index < -0.39 is 0 Å². The normalized spacial score (nSPS) is 10.3. The molecule has 0 aliphatic carbocycles. The van der Waals surface area contributed by atoms with E-state index in [1.165, 1.54) is 6.07 Å². The summed E-state index contributed by atoms with van der Waals surface area (Å²) >= 11 is 0. The minimum absolute atomic E-state index is 0.250. The summed E-state index contributed by atoms with van der Waals surface area (Å²) in [5.74, 6) is 0.274. The van der Waals surface area contributed by atoms with Gasteiger partial charge in [0.1, 0.15) is 18.2 Å². The Morgan fingerprint density at radius 2 is 2.00 bits per heavy atom. The number of hydrogen-bond donors (Lipinski definition) is 0. The minimum Gasteiger partial charge on any atom is -0.487 e. The largest absolute Gasteiger partial charge is 0.487 e. The Balaban J connectivity index is 2.05. The number of nitrogens with zero attached hydrogens (tertiary/aromatic N) is 1. The molecule has 3 heteroatoms. The molecule has 2 rings (SSSR count). The van der Waals surface area contributed by atoms with Gasteiger partial charge in [-0.2, -0.15) is 0 Å². The van der Waals surface area contributed by atoms with Gasteiger partial charge in [-0.3, -0.25) is 4.98 Å². The van der Waals surface area contributed by atoms with Crippen molar-refractivity contribution in [2.24, 2.45) is 0 Å². The second-order valence-electron chi connectivity index (χ2n) is 3.97. The van der Waals surface area contributed by atoms with Crippen LogP contribution in [-0.4, -0.2) is 4.98 Å². The van der Waals surface area contributed by atoms with E-state index in [9.17, 15) is 4.39 Å². The van der Waals surface area contributed by atoms with Crippen LogP contribution in [0.5, 0.6) is 5.75 Å². The molecule has 0 saturated carbocycles. The molecule has 0 bridgehead atoms. The highest BCUT2D eigenvalue weighted by Gasteiger charge is 2.01. The molecule has 0 N–H and O–H groups in total. The number of pyridine rings is 1. The van der Waals surface area contributed by atoms with E-state index in [2.05, 4.69) is 4.98 Å². The van der Waals surface area contributed by atoms with Gasteiger partial charge >= 0.3 is 0 Å². The second-order valence-corrected chi connectivity index (χ2v) is 3.97. The van der Waals surface area contributed by atoms with E-state index in [0.29, 0.717) is 17.9 Å². The van der Waals surface area contributed by atoms with Crippen LogP contribution in [0.4, 0.5) is 4.39 Å². The van der Waals surface area contributed by atoms with Crippen LogP contribution in [0.15, 0.2) is 36.4 Å². The fourth-order valence-corrected chi connectivity index (χ4v) is 1.50. The van der Waals surface area contributed by atoms with Crippen molar-refractivity contribution < 1.29 is 9.13 Å². The molecule has 17 heavy (non-hydrogen) atoms. The monoisotopic (exact) mass is 231 g/mol. The summed E-state index contributed by atoms with van der Waals surface area (Å²) in [4.78, 5) is 4.31. The van der Waals surface area contributed by atoms with Crippen molar-refractivity contribution in [2.75, 3.05) is 0 Å². The molecule has 0 spiro atoms. The van der Waals surface area contributed by atoms with Crippen LogP contribution in [-0.2, 0) is 6.61 Å². The molecule has 2 aromatic rings. The molecule has 0 saturated heterocycles. The van der Waals surface area contributed by atoms with Gasteiger partial charge in [-0.25, -0.2) is 4.39 Å². The summed E-state index contributed by atoms with van der Waals surface area (Å²) in [6.07, 6.45) is 0. The summed E-state index contributed by atoms with van der Waals surface area (Å²) in [5.41, 5.74) is 2.40. The van der Waals surface area contributed by atoms with E-state index in [1.807, 2.05) is 25.1 Å². The molecule has 1 aromatic carbocycles. The lowest BCUT2D eigenvalue weighted by atomic mass is 10.2. The Labute approximate surface area is 100 Å². The lowest BCUT2D eigenvalue weighted by Crippen LogP contribution is -1.99. The smallest absolute Gasteiger partial charge is 0.130 e. The van der Waals surface area contributed by atoms with Gasteiger partial charge in [-0.05, 0) is 37.6 Å². The number of rotatable bonds is 3. The number of aryl methyl sites for hydroxylation is 2. The molecule has 0 amide bonds.